The van der Waals surface area contributed by atoms with Gasteiger partial charge in [0, 0.05) is 27.9 Å². The summed E-state index contributed by atoms with van der Waals surface area (Å²) in [6.07, 6.45) is 0. The van der Waals surface area contributed by atoms with Crippen LogP contribution in [0.3, 0.4) is 0 Å². The predicted octanol–water partition coefficient (Wildman–Crippen LogP) is 2.53. The molecule has 1 aromatic carbocycles. The highest BCUT2D eigenvalue weighted by Crippen LogP contribution is 2.43. The van der Waals surface area contributed by atoms with Gasteiger partial charge in [0.25, 0.3) is 5.91 Å². The van der Waals surface area contributed by atoms with Crippen molar-refractivity contribution in [3.05, 3.63) is 65.7 Å². The lowest BCUT2D eigenvalue weighted by molar-refractivity contribution is -0.150. The summed E-state index contributed by atoms with van der Waals surface area (Å²) in [6, 6.07) is 10.4. The van der Waals surface area contributed by atoms with Crippen molar-refractivity contribution in [1.82, 2.24) is 15.4 Å². The van der Waals surface area contributed by atoms with Crippen molar-refractivity contribution in [3.8, 4) is 0 Å². The number of fused-ring (bicyclic) bond motifs is 1. The first kappa shape index (κ1) is 21.3. The Balaban J connectivity index is 1.46. The number of carboxylic acid groups (broad SMARTS) is 1. The number of carbonyl (C=O) groups is 3. The van der Waals surface area contributed by atoms with Crippen molar-refractivity contribution in [1.29, 1.82) is 0 Å². The number of amides is 2. The molecule has 2 N–H and O–H groups in total. The zero-order valence-corrected chi connectivity index (χ0v) is 18.2. The van der Waals surface area contributed by atoms with Crippen LogP contribution < -0.4 is 5.32 Å². The smallest absolute Gasteiger partial charge is 0.352 e. The summed E-state index contributed by atoms with van der Waals surface area (Å²) in [7, 11) is 0. The normalized spacial score (nSPS) is 20.2. The molecule has 0 unspecified atom stereocenters. The molecule has 2 aromatic rings. The minimum atomic E-state index is -1.23. The fourth-order valence-corrected chi connectivity index (χ4v) is 5.50. The first-order valence-electron chi connectivity index (χ1n) is 9.38. The van der Waals surface area contributed by atoms with Gasteiger partial charge < -0.3 is 14.9 Å². The number of aryl methyl sites for hydroxylation is 1. The van der Waals surface area contributed by atoms with Crippen LogP contribution in [-0.4, -0.2) is 55.9 Å². The van der Waals surface area contributed by atoms with Gasteiger partial charge in [0.15, 0.2) is 5.76 Å². The van der Waals surface area contributed by atoms with Gasteiger partial charge in [0.2, 0.25) is 5.91 Å². The van der Waals surface area contributed by atoms with Gasteiger partial charge in [-0.2, -0.15) is 0 Å². The lowest BCUT2D eigenvalue weighted by Gasteiger charge is -2.49. The standard InChI is InChI=1S/C21H19N3O5S2/c1-11-8-15(29-23-11)12(2)14-9-31-20-17(19(26)24(20)18(14)21(27)28)22-16(25)10-30-13-6-4-3-5-7-13/h3-8,17,20H,2,9-10H2,1H3,(H,22,25)(H,27,28)/t17-,20-/m1/s1. The van der Waals surface area contributed by atoms with E-state index in [1.54, 1.807) is 13.0 Å². The molecule has 1 fully saturated rings. The molecule has 1 aromatic heterocycles. The monoisotopic (exact) mass is 457 g/mol. The molecule has 2 atom stereocenters. The van der Waals surface area contributed by atoms with Gasteiger partial charge in [-0.1, -0.05) is 29.9 Å². The average molecular weight is 458 g/mol. The molecular weight excluding hydrogens is 438 g/mol. The van der Waals surface area contributed by atoms with E-state index in [2.05, 4.69) is 17.1 Å². The Morgan fingerprint density at radius 1 is 1.39 bits per heavy atom. The second-order valence-corrected chi connectivity index (χ2v) is 9.15. The Labute approximate surface area is 186 Å². The summed E-state index contributed by atoms with van der Waals surface area (Å²) in [5.74, 6) is -1.11. The van der Waals surface area contributed by atoms with Crippen LogP contribution in [0.25, 0.3) is 5.57 Å². The van der Waals surface area contributed by atoms with E-state index in [-0.39, 0.29) is 17.4 Å². The van der Waals surface area contributed by atoms with Crippen LogP contribution >= 0.6 is 23.5 Å². The lowest BCUT2D eigenvalue weighted by atomic mass is 9.98. The van der Waals surface area contributed by atoms with E-state index in [1.165, 1.54) is 28.4 Å². The van der Waals surface area contributed by atoms with Crippen molar-refractivity contribution in [2.24, 2.45) is 0 Å². The maximum atomic E-state index is 12.8. The average Bonchev–Trinajstić information content (AvgIpc) is 3.21. The molecular formula is C21H19N3O5S2. The van der Waals surface area contributed by atoms with E-state index in [0.717, 1.165) is 4.90 Å². The van der Waals surface area contributed by atoms with Crippen LogP contribution in [0.5, 0.6) is 0 Å². The van der Waals surface area contributed by atoms with E-state index >= 15 is 0 Å². The van der Waals surface area contributed by atoms with Crippen molar-refractivity contribution >= 4 is 46.9 Å². The van der Waals surface area contributed by atoms with E-state index in [9.17, 15) is 19.5 Å². The van der Waals surface area contributed by atoms with Crippen LogP contribution in [0.1, 0.15) is 11.5 Å². The molecule has 1 saturated heterocycles. The van der Waals surface area contributed by atoms with Gasteiger partial charge in [-0.3, -0.25) is 14.5 Å². The molecule has 0 radical (unpaired) electrons. The molecule has 0 aliphatic carbocycles. The number of aliphatic carboxylic acids is 1. The molecule has 2 aliphatic heterocycles. The molecule has 0 spiro atoms. The van der Waals surface area contributed by atoms with Crippen molar-refractivity contribution in [3.63, 3.8) is 0 Å². The molecule has 8 nitrogen and oxygen atoms in total. The number of thioether (sulfide) groups is 2. The van der Waals surface area contributed by atoms with Crippen LogP contribution in [0, 0.1) is 6.92 Å². The van der Waals surface area contributed by atoms with E-state index in [1.807, 2.05) is 30.3 Å². The fraction of sp³-hybridized carbons (Fsp3) is 0.238. The molecule has 160 valence electrons. The number of hydrogen-bond donors (Lipinski definition) is 2. The Hall–Kier alpha value is -2.98. The van der Waals surface area contributed by atoms with E-state index in [4.69, 9.17) is 4.52 Å². The Kier molecular flexibility index (Phi) is 5.92. The number of rotatable bonds is 7. The summed E-state index contributed by atoms with van der Waals surface area (Å²) in [4.78, 5) is 39.3. The highest BCUT2D eigenvalue weighted by atomic mass is 32.2. The van der Waals surface area contributed by atoms with E-state index < -0.39 is 23.3 Å². The van der Waals surface area contributed by atoms with Crippen molar-refractivity contribution < 1.29 is 24.0 Å². The maximum Gasteiger partial charge on any atom is 0.352 e. The molecule has 0 bridgehead atoms. The quantitative estimate of drug-likeness (QED) is 0.482. The summed E-state index contributed by atoms with van der Waals surface area (Å²) < 4.78 is 5.20. The number of hydrogen-bond acceptors (Lipinski definition) is 7. The topological polar surface area (TPSA) is 113 Å². The minimum Gasteiger partial charge on any atom is -0.477 e. The first-order chi connectivity index (χ1) is 14.9. The number of nitrogens with one attached hydrogen (secondary N) is 1. The number of carbonyl (C=O) groups excluding carboxylic acids is 2. The fourth-order valence-electron chi connectivity index (χ4n) is 3.39. The van der Waals surface area contributed by atoms with E-state index in [0.29, 0.717) is 28.4 Å². The van der Waals surface area contributed by atoms with Gasteiger partial charge in [-0.05, 0) is 19.1 Å². The maximum absolute atomic E-state index is 12.8. The third-order valence-corrected chi connectivity index (χ3v) is 7.18. The summed E-state index contributed by atoms with van der Waals surface area (Å²) in [5, 5.41) is 15.9. The zero-order chi connectivity index (χ0) is 22.1. The molecule has 10 heteroatoms. The minimum absolute atomic E-state index is 0.128. The number of benzene rings is 1. The zero-order valence-electron chi connectivity index (χ0n) is 16.5. The third kappa shape index (κ3) is 4.13. The number of allylic oxidation sites excluding steroid dienone is 1. The molecule has 3 heterocycles. The van der Waals surface area contributed by atoms with Crippen LogP contribution in [0.4, 0.5) is 0 Å². The summed E-state index contributed by atoms with van der Waals surface area (Å²) in [6.45, 7) is 5.70. The second kappa shape index (κ2) is 8.64. The second-order valence-electron chi connectivity index (χ2n) is 7.00. The van der Waals surface area contributed by atoms with Gasteiger partial charge in [-0.15, -0.1) is 23.5 Å². The Morgan fingerprint density at radius 2 is 2.13 bits per heavy atom. The first-order valence-corrected chi connectivity index (χ1v) is 11.4. The molecule has 4 rings (SSSR count). The highest BCUT2D eigenvalue weighted by Gasteiger charge is 2.54. The molecule has 31 heavy (non-hydrogen) atoms. The Bertz CT molecular complexity index is 1100. The predicted molar refractivity (Wildman–Crippen MR) is 117 cm³/mol. The highest BCUT2D eigenvalue weighted by molar-refractivity contribution is 8.00. The number of nitrogens with zero attached hydrogens (tertiary/aromatic N) is 2. The van der Waals surface area contributed by atoms with Crippen LogP contribution in [0.2, 0.25) is 0 Å². The van der Waals surface area contributed by atoms with Gasteiger partial charge in [0.05, 0.1) is 11.4 Å². The largest absolute Gasteiger partial charge is 0.477 e. The molecule has 0 saturated carbocycles. The summed E-state index contributed by atoms with van der Waals surface area (Å²) >= 11 is 2.75. The van der Waals surface area contributed by atoms with Crippen LogP contribution in [-0.2, 0) is 14.4 Å². The number of aromatic nitrogens is 1. The van der Waals surface area contributed by atoms with Crippen molar-refractivity contribution in [2.45, 2.75) is 23.2 Å². The molecule has 2 aliphatic rings. The van der Waals surface area contributed by atoms with Crippen LogP contribution in [0.15, 0.2) is 63.7 Å². The lowest BCUT2D eigenvalue weighted by Crippen LogP contribution is -2.70. The van der Waals surface area contributed by atoms with Gasteiger partial charge >= 0.3 is 5.97 Å². The van der Waals surface area contributed by atoms with Crippen molar-refractivity contribution in [2.75, 3.05) is 11.5 Å². The third-order valence-electron chi connectivity index (χ3n) is 4.89. The SMILES string of the molecule is C=C(C1=C(C(=O)O)N2C(=O)[C@@H](NC(=O)CSc3ccccc3)[C@H]2SC1)c1cc(C)no1. The molecule has 2 amide bonds. The van der Waals surface area contributed by atoms with Gasteiger partial charge in [0.1, 0.15) is 17.1 Å². The summed E-state index contributed by atoms with van der Waals surface area (Å²) in [5.41, 5.74) is 1.30. The van der Waals surface area contributed by atoms with Gasteiger partial charge in [-0.25, -0.2) is 4.79 Å². The number of carboxylic acids is 1. The Morgan fingerprint density at radius 3 is 2.77 bits per heavy atom. The number of β-lactam (4-membered cyclic amide) rings is 1.